The van der Waals surface area contributed by atoms with Crippen molar-refractivity contribution in [2.75, 3.05) is 13.1 Å². The highest BCUT2D eigenvalue weighted by Gasteiger charge is 2.23. The molecule has 0 aliphatic heterocycles. The van der Waals surface area contributed by atoms with Crippen LogP contribution in [0.1, 0.15) is 42.7 Å². The summed E-state index contributed by atoms with van der Waals surface area (Å²) in [5.74, 6) is -0.328. The summed E-state index contributed by atoms with van der Waals surface area (Å²) in [5, 5.41) is 2.76. The maximum Gasteiger partial charge on any atom is 0.251 e. The number of sulfonamides is 1. The number of amides is 1. The first-order valence-electron chi connectivity index (χ1n) is 8.77. The van der Waals surface area contributed by atoms with Crippen molar-refractivity contribution < 1.29 is 13.2 Å². The summed E-state index contributed by atoms with van der Waals surface area (Å²) in [6.45, 7) is 5.10. The lowest BCUT2D eigenvalue weighted by Crippen LogP contribution is -2.32. The van der Waals surface area contributed by atoms with Gasteiger partial charge in [0.2, 0.25) is 10.0 Å². The fraction of sp³-hybridized carbons (Fsp3) is 0.368. The van der Waals surface area contributed by atoms with Gasteiger partial charge in [0, 0.05) is 24.8 Å². The monoisotopic (exact) mass is 375 g/mol. The molecule has 0 radical (unpaired) electrons. The minimum atomic E-state index is -3.61. The standard InChI is InChI=1S/C19H25N3O3S/c1-3-12-22(13-4-2)26(24,25)18-10-7-8-16(14-18)19(23)21-15-17-9-5-6-11-20-17/h5-11,14H,3-4,12-13,15H2,1-2H3,(H,21,23). The van der Waals surface area contributed by atoms with E-state index in [4.69, 9.17) is 0 Å². The van der Waals surface area contributed by atoms with E-state index < -0.39 is 10.0 Å². The lowest BCUT2D eigenvalue weighted by Gasteiger charge is -2.21. The number of pyridine rings is 1. The highest BCUT2D eigenvalue weighted by Crippen LogP contribution is 2.18. The van der Waals surface area contributed by atoms with Crippen molar-refractivity contribution in [3.05, 3.63) is 59.9 Å². The first kappa shape index (κ1) is 20.1. The van der Waals surface area contributed by atoms with E-state index in [-0.39, 0.29) is 17.3 Å². The van der Waals surface area contributed by atoms with Crippen LogP contribution in [0.15, 0.2) is 53.6 Å². The largest absolute Gasteiger partial charge is 0.346 e. The molecule has 6 nitrogen and oxygen atoms in total. The smallest absolute Gasteiger partial charge is 0.251 e. The van der Waals surface area contributed by atoms with Gasteiger partial charge in [-0.1, -0.05) is 26.0 Å². The summed E-state index contributed by atoms with van der Waals surface area (Å²) >= 11 is 0. The third-order valence-corrected chi connectivity index (χ3v) is 5.73. The van der Waals surface area contributed by atoms with Crippen LogP contribution in [-0.2, 0) is 16.6 Å². The lowest BCUT2D eigenvalue weighted by molar-refractivity contribution is 0.0950. The minimum Gasteiger partial charge on any atom is -0.346 e. The number of benzene rings is 1. The second-order valence-corrected chi connectivity index (χ2v) is 7.87. The molecule has 2 aromatic rings. The van der Waals surface area contributed by atoms with Gasteiger partial charge in [-0.2, -0.15) is 4.31 Å². The van der Waals surface area contributed by atoms with E-state index in [1.165, 1.54) is 16.4 Å². The Labute approximate surface area is 155 Å². The molecule has 0 aliphatic carbocycles. The number of rotatable bonds is 9. The van der Waals surface area contributed by atoms with Gasteiger partial charge < -0.3 is 5.32 Å². The van der Waals surface area contributed by atoms with Crippen molar-refractivity contribution in [2.24, 2.45) is 0 Å². The molecule has 140 valence electrons. The topological polar surface area (TPSA) is 79.4 Å². The molecule has 0 atom stereocenters. The molecule has 1 aromatic heterocycles. The average Bonchev–Trinajstić information content (AvgIpc) is 2.67. The van der Waals surface area contributed by atoms with Gasteiger partial charge >= 0.3 is 0 Å². The fourth-order valence-electron chi connectivity index (χ4n) is 2.57. The fourth-order valence-corrected chi connectivity index (χ4v) is 4.24. The van der Waals surface area contributed by atoms with Gasteiger partial charge in [0.15, 0.2) is 0 Å². The molecule has 0 saturated carbocycles. The van der Waals surface area contributed by atoms with Crippen LogP contribution in [0.3, 0.4) is 0 Å². The van der Waals surface area contributed by atoms with Gasteiger partial charge in [0.05, 0.1) is 17.1 Å². The maximum atomic E-state index is 12.9. The van der Waals surface area contributed by atoms with Gasteiger partial charge in [-0.05, 0) is 43.2 Å². The zero-order valence-electron chi connectivity index (χ0n) is 15.2. The van der Waals surface area contributed by atoms with Crippen molar-refractivity contribution in [3.63, 3.8) is 0 Å². The number of carbonyl (C=O) groups is 1. The summed E-state index contributed by atoms with van der Waals surface area (Å²) in [6.07, 6.45) is 3.14. The molecule has 1 amide bonds. The van der Waals surface area contributed by atoms with E-state index in [9.17, 15) is 13.2 Å². The molecular weight excluding hydrogens is 350 g/mol. The summed E-state index contributed by atoms with van der Waals surface area (Å²) in [6, 6.07) is 11.6. The number of nitrogens with zero attached hydrogens (tertiary/aromatic N) is 2. The Bertz CT molecular complexity index is 817. The molecule has 0 bridgehead atoms. The minimum absolute atomic E-state index is 0.143. The molecule has 26 heavy (non-hydrogen) atoms. The van der Waals surface area contributed by atoms with Crippen LogP contribution in [0.25, 0.3) is 0 Å². The van der Waals surface area contributed by atoms with Crippen molar-refractivity contribution in [1.82, 2.24) is 14.6 Å². The van der Waals surface area contributed by atoms with Crippen LogP contribution in [0.4, 0.5) is 0 Å². The quantitative estimate of drug-likeness (QED) is 0.731. The molecule has 0 saturated heterocycles. The van der Waals surface area contributed by atoms with Crippen LogP contribution in [0, 0.1) is 0 Å². The SMILES string of the molecule is CCCN(CCC)S(=O)(=O)c1cccc(C(=O)NCc2ccccn2)c1. The zero-order chi connectivity index (χ0) is 19.0. The van der Waals surface area contributed by atoms with Crippen molar-refractivity contribution >= 4 is 15.9 Å². The van der Waals surface area contributed by atoms with E-state index in [1.807, 2.05) is 26.0 Å². The van der Waals surface area contributed by atoms with Gasteiger partial charge in [0.1, 0.15) is 0 Å². The van der Waals surface area contributed by atoms with Gasteiger partial charge in [0.25, 0.3) is 5.91 Å². The van der Waals surface area contributed by atoms with E-state index in [0.717, 1.165) is 18.5 Å². The van der Waals surface area contributed by atoms with Crippen molar-refractivity contribution in [2.45, 2.75) is 38.1 Å². The van der Waals surface area contributed by atoms with Gasteiger partial charge in [-0.15, -0.1) is 0 Å². The van der Waals surface area contributed by atoms with Gasteiger partial charge in [-0.25, -0.2) is 8.42 Å². The van der Waals surface area contributed by atoms with Crippen molar-refractivity contribution in [1.29, 1.82) is 0 Å². The predicted octanol–water partition coefficient (Wildman–Crippen LogP) is 2.82. The van der Waals surface area contributed by atoms with E-state index in [1.54, 1.807) is 24.4 Å². The van der Waals surface area contributed by atoms with Crippen LogP contribution < -0.4 is 5.32 Å². The third-order valence-electron chi connectivity index (χ3n) is 3.84. The highest BCUT2D eigenvalue weighted by molar-refractivity contribution is 7.89. The maximum absolute atomic E-state index is 12.9. The summed E-state index contributed by atoms with van der Waals surface area (Å²) in [7, 11) is -3.61. The Balaban J connectivity index is 2.16. The average molecular weight is 375 g/mol. The Morgan fingerprint density at radius 2 is 1.81 bits per heavy atom. The third kappa shape index (κ3) is 5.12. The summed E-state index contributed by atoms with van der Waals surface area (Å²) in [5.41, 5.74) is 1.05. The lowest BCUT2D eigenvalue weighted by atomic mass is 10.2. The number of aromatic nitrogens is 1. The van der Waals surface area contributed by atoms with Crippen LogP contribution in [-0.4, -0.2) is 36.7 Å². The predicted molar refractivity (Wildman–Crippen MR) is 101 cm³/mol. The number of nitrogens with one attached hydrogen (secondary N) is 1. The molecule has 0 aliphatic rings. The molecule has 7 heteroatoms. The first-order valence-corrected chi connectivity index (χ1v) is 10.2. The molecular formula is C19H25N3O3S. The number of carbonyl (C=O) groups excluding carboxylic acids is 1. The highest BCUT2D eigenvalue weighted by atomic mass is 32.2. The molecule has 2 rings (SSSR count). The van der Waals surface area contributed by atoms with Crippen molar-refractivity contribution in [3.8, 4) is 0 Å². The molecule has 0 spiro atoms. The number of hydrogen-bond donors (Lipinski definition) is 1. The van der Waals surface area contributed by atoms with Crippen LogP contribution >= 0.6 is 0 Å². The molecule has 0 unspecified atom stereocenters. The van der Waals surface area contributed by atoms with Gasteiger partial charge in [-0.3, -0.25) is 9.78 Å². The molecule has 1 aromatic carbocycles. The second kappa shape index (κ2) is 9.45. The number of hydrogen-bond acceptors (Lipinski definition) is 4. The van der Waals surface area contributed by atoms with E-state index >= 15 is 0 Å². The van der Waals surface area contributed by atoms with E-state index in [2.05, 4.69) is 10.3 Å². The Morgan fingerprint density at radius 3 is 2.42 bits per heavy atom. The normalized spacial score (nSPS) is 11.5. The summed E-state index contributed by atoms with van der Waals surface area (Å²) < 4.78 is 27.2. The van der Waals surface area contributed by atoms with Crippen LogP contribution in [0.5, 0.6) is 0 Å². The first-order chi connectivity index (χ1) is 12.5. The zero-order valence-corrected chi connectivity index (χ0v) is 16.0. The Hall–Kier alpha value is -2.25. The molecule has 1 N–H and O–H groups in total. The second-order valence-electron chi connectivity index (χ2n) is 5.94. The van der Waals surface area contributed by atoms with Crippen LogP contribution in [0.2, 0.25) is 0 Å². The Morgan fingerprint density at radius 1 is 1.08 bits per heavy atom. The van der Waals surface area contributed by atoms with E-state index in [0.29, 0.717) is 18.7 Å². The molecule has 1 heterocycles. The summed E-state index contributed by atoms with van der Waals surface area (Å²) in [4.78, 5) is 16.7. The molecule has 0 fully saturated rings. The Kier molecular flexibility index (Phi) is 7.29.